The SMILES string of the molecule is Cc1cccc(Oc2ccc(Cl)nn2)c1C. The summed E-state index contributed by atoms with van der Waals surface area (Å²) in [5.41, 5.74) is 2.28. The van der Waals surface area contributed by atoms with Crippen LogP contribution in [-0.2, 0) is 0 Å². The van der Waals surface area contributed by atoms with E-state index < -0.39 is 0 Å². The van der Waals surface area contributed by atoms with Crippen LogP contribution >= 0.6 is 11.6 Å². The molecule has 0 bridgehead atoms. The number of nitrogens with zero attached hydrogens (tertiary/aromatic N) is 2. The van der Waals surface area contributed by atoms with Gasteiger partial charge in [-0.05, 0) is 37.1 Å². The monoisotopic (exact) mass is 234 g/mol. The first-order valence-corrected chi connectivity index (χ1v) is 5.28. The van der Waals surface area contributed by atoms with Crippen molar-refractivity contribution in [1.29, 1.82) is 0 Å². The van der Waals surface area contributed by atoms with E-state index in [9.17, 15) is 0 Å². The molecule has 0 atom stereocenters. The van der Waals surface area contributed by atoms with E-state index in [-0.39, 0.29) is 0 Å². The van der Waals surface area contributed by atoms with E-state index in [2.05, 4.69) is 10.2 Å². The lowest BCUT2D eigenvalue weighted by molar-refractivity contribution is 0.451. The van der Waals surface area contributed by atoms with Crippen LogP contribution in [0, 0.1) is 13.8 Å². The highest BCUT2D eigenvalue weighted by Gasteiger charge is 2.04. The molecule has 82 valence electrons. The molecular formula is C12H11ClN2O. The third-order valence-corrected chi connectivity index (χ3v) is 2.58. The molecule has 0 saturated carbocycles. The second kappa shape index (κ2) is 4.49. The zero-order chi connectivity index (χ0) is 11.5. The van der Waals surface area contributed by atoms with E-state index in [1.165, 1.54) is 5.56 Å². The van der Waals surface area contributed by atoms with Gasteiger partial charge in [-0.3, -0.25) is 0 Å². The van der Waals surface area contributed by atoms with Crippen LogP contribution in [0.15, 0.2) is 30.3 Å². The van der Waals surface area contributed by atoms with Crippen molar-refractivity contribution < 1.29 is 4.74 Å². The fourth-order valence-electron chi connectivity index (χ4n) is 1.31. The molecule has 1 aromatic carbocycles. The first-order valence-electron chi connectivity index (χ1n) is 4.90. The number of halogens is 1. The molecule has 2 aromatic rings. The topological polar surface area (TPSA) is 35.0 Å². The summed E-state index contributed by atoms with van der Waals surface area (Å²) in [6.07, 6.45) is 0. The van der Waals surface area contributed by atoms with Gasteiger partial charge in [0.15, 0.2) is 5.15 Å². The zero-order valence-electron chi connectivity index (χ0n) is 9.07. The Bertz CT molecular complexity index is 497. The van der Waals surface area contributed by atoms with Gasteiger partial charge >= 0.3 is 0 Å². The smallest absolute Gasteiger partial charge is 0.238 e. The number of aromatic nitrogens is 2. The first-order chi connectivity index (χ1) is 7.66. The average molecular weight is 235 g/mol. The molecule has 0 N–H and O–H groups in total. The van der Waals surface area contributed by atoms with Gasteiger partial charge in [0.05, 0.1) is 0 Å². The predicted molar refractivity (Wildman–Crippen MR) is 63.0 cm³/mol. The van der Waals surface area contributed by atoms with Gasteiger partial charge in [-0.15, -0.1) is 10.2 Å². The summed E-state index contributed by atoms with van der Waals surface area (Å²) in [6.45, 7) is 4.05. The molecule has 16 heavy (non-hydrogen) atoms. The van der Waals surface area contributed by atoms with Crippen LogP contribution in [0.3, 0.4) is 0 Å². The van der Waals surface area contributed by atoms with Gasteiger partial charge in [0, 0.05) is 6.07 Å². The Kier molecular flexibility index (Phi) is 3.06. The minimum Gasteiger partial charge on any atom is -0.437 e. The maximum absolute atomic E-state index is 5.64. The Morgan fingerprint density at radius 1 is 1.06 bits per heavy atom. The Morgan fingerprint density at radius 2 is 1.88 bits per heavy atom. The van der Waals surface area contributed by atoms with E-state index in [0.717, 1.165) is 11.3 Å². The maximum Gasteiger partial charge on any atom is 0.238 e. The maximum atomic E-state index is 5.64. The molecule has 0 radical (unpaired) electrons. The van der Waals surface area contributed by atoms with Crippen molar-refractivity contribution in [2.75, 3.05) is 0 Å². The molecule has 2 rings (SSSR count). The van der Waals surface area contributed by atoms with Crippen LogP contribution < -0.4 is 4.74 Å². The van der Waals surface area contributed by atoms with Gasteiger partial charge in [-0.1, -0.05) is 23.7 Å². The van der Waals surface area contributed by atoms with Crippen molar-refractivity contribution in [3.63, 3.8) is 0 Å². The summed E-state index contributed by atoms with van der Waals surface area (Å²) < 4.78 is 5.61. The van der Waals surface area contributed by atoms with Crippen LogP contribution in [0.25, 0.3) is 0 Å². The zero-order valence-corrected chi connectivity index (χ0v) is 9.82. The molecule has 0 aliphatic carbocycles. The van der Waals surface area contributed by atoms with Crippen LogP contribution in [0.2, 0.25) is 5.15 Å². The average Bonchev–Trinajstić information content (AvgIpc) is 2.28. The van der Waals surface area contributed by atoms with Crippen molar-refractivity contribution in [2.24, 2.45) is 0 Å². The van der Waals surface area contributed by atoms with Crippen LogP contribution in [0.4, 0.5) is 0 Å². The van der Waals surface area contributed by atoms with Crippen LogP contribution in [0.1, 0.15) is 11.1 Å². The summed E-state index contributed by atoms with van der Waals surface area (Å²) in [5.74, 6) is 1.23. The first kappa shape index (κ1) is 10.9. The summed E-state index contributed by atoms with van der Waals surface area (Å²) in [6, 6.07) is 9.22. The third-order valence-electron chi connectivity index (χ3n) is 2.38. The summed E-state index contributed by atoms with van der Waals surface area (Å²) in [7, 11) is 0. The molecule has 0 spiro atoms. The van der Waals surface area contributed by atoms with Gasteiger partial charge in [0.1, 0.15) is 5.75 Å². The molecule has 1 aromatic heterocycles. The second-order valence-corrected chi connectivity index (χ2v) is 3.88. The Balaban J connectivity index is 2.27. The lowest BCUT2D eigenvalue weighted by atomic mass is 10.1. The number of aryl methyl sites for hydroxylation is 1. The van der Waals surface area contributed by atoms with Gasteiger partial charge in [-0.2, -0.15) is 0 Å². The fraction of sp³-hybridized carbons (Fsp3) is 0.167. The molecule has 1 heterocycles. The van der Waals surface area contributed by atoms with E-state index in [1.54, 1.807) is 12.1 Å². The predicted octanol–water partition coefficient (Wildman–Crippen LogP) is 3.54. The van der Waals surface area contributed by atoms with Crippen LogP contribution in [0.5, 0.6) is 11.6 Å². The number of rotatable bonds is 2. The van der Waals surface area contributed by atoms with Gasteiger partial charge in [0.2, 0.25) is 5.88 Å². The summed E-state index contributed by atoms with van der Waals surface area (Å²) in [4.78, 5) is 0. The Labute approximate surface area is 99.0 Å². The van der Waals surface area contributed by atoms with E-state index in [1.807, 2.05) is 32.0 Å². The third kappa shape index (κ3) is 2.31. The number of ether oxygens (including phenoxy) is 1. The van der Waals surface area contributed by atoms with Crippen LogP contribution in [-0.4, -0.2) is 10.2 Å². The molecule has 0 amide bonds. The Hall–Kier alpha value is -1.61. The standard InChI is InChI=1S/C12H11ClN2O/c1-8-4-3-5-10(9(8)2)16-12-7-6-11(13)14-15-12/h3-7H,1-2H3. The second-order valence-electron chi connectivity index (χ2n) is 3.49. The number of hydrogen-bond donors (Lipinski definition) is 0. The fourth-order valence-corrected chi connectivity index (χ4v) is 1.41. The quantitative estimate of drug-likeness (QED) is 0.797. The number of benzene rings is 1. The van der Waals surface area contributed by atoms with Gasteiger partial charge < -0.3 is 4.74 Å². The minimum atomic E-state index is 0.355. The van der Waals surface area contributed by atoms with Crippen molar-refractivity contribution in [1.82, 2.24) is 10.2 Å². The molecular weight excluding hydrogens is 224 g/mol. The Morgan fingerprint density at radius 3 is 2.56 bits per heavy atom. The highest BCUT2D eigenvalue weighted by atomic mass is 35.5. The molecule has 0 saturated heterocycles. The van der Waals surface area contributed by atoms with Gasteiger partial charge in [0.25, 0.3) is 0 Å². The van der Waals surface area contributed by atoms with Crippen molar-refractivity contribution in [3.05, 3.63) is 46.6 Å². The molecule has 0 unspecified atom stereocenters. The van der Waals surface area contributed by atoms with Crippen molar-refractivity contribution in [2.45, 2.75) is 13.8 Å². The summed E-state index contributed by atoms with van der Waals surface area (Å²) in [5, 5.41) is 7.91. The lowest BCUT2D eigenvalue weighted by Gasteiger charge is -2.08. The van der Waals surface area contributed by atoms with Crippen molar-refractivity contribution in [3.8, 4) is 11.6 Å². The molecule has 4 heteroatoms. The summed E-state index contributed by atoms with van der Waals surface area (Å²) >= 11 is 5.64. The van der Waals surface area contributed by atoms with Crippen molar-refractivity contribution >= 4 is 11.6 Å². The van der Waals surface area contributed by atoms with E-state index >= 15 is 0 Å². The molecule has 3 nitrogen and oxygen atoms in total. The molecule has 0 aliphatic rings. The largest absolute Gasteiger partial charge is 0.437 e. The minimum absolute atomic E-state index is 0.355. The van der Waals surface area contributed by atoms with Gasteiger partial charge in [-0.25, -0.2) is 0 Å². The van der Waals surface area contributed by atoms with E-state index in [4.69, 9.17) is 16.3 Å². The van der Waals surface area contributed by atoms with E-state index in [0.29, 0.717) is 11.0 Å². The normalized spacial score (nSPS) is 10.2. The highest BCUT2D eigenvalue weighted by Crippen LogP contribution is 2.25. The molecule has 0 aliphatic heterocycles. The lowest BCUT2D eigenvalue weighted by Crippen LogP contribution is -1.93. The number of hydrogen-bond acceptors (Lipinski definition) is 3. The molecule has 0 fully saturated rings. The highest BCUT2D eigenvalue weighted by molar-refractivity contribution is 6.29.